The predicted molar refractivity (Wildman–Crippen MR) is 122 cm³/mol. The number of piperidine rings is 2. The Kier molecular flexibility index (Phi) is 5.02. The third-order valence-corrected chi connectivity index (χ3v) is 7.65. The molecule has 4 heterocycles. The summed E-state index contributed by atoms with van der Waals surface area (Å²) < 4.78 is 11.8. The average Bonchev–Trinajstić information content (AvgIpc) is 3.34. The second-order valence-corrected chi connectivity index (χ2v) is 9.51. The number of hydrogen-bond acceptors (Lipinski definition) is 5. The van der Waals surface area contributed by atoms with Gasteiger partial charge in [-0.3, -0.25) is 9.59 Å². The van der Waals surface area contributed by atoms with E-state index in [4.69, 9.17) is 9.47 Å². The van der Waals surface area contributed by atoms with Crippen molar-refractivity contribution in [2.24, 2.45) is 5.92 Å². The van der Waals surface area contributed by atoms with E-state index in [1.165, 1.54) is 0 Å². The molecular weight excluding hydrogens is 418 g/mol. The molecule has 2 saturated heterocycles. The Bertz CT molecular complexity index is 1100. The Morgan fingerprint density at radius 2 is 2.03 bits per heavy atom. The number of hydrogen-bond donors (Lipinski definition) is 2. The van der Waals surface area contributed by atoms with Gasteiger partial charge in [0.1, 0.15) is 0 Å². The van der Waals surface area contributed by atoms with E-state index in [1.807, 2.05) is 48.2 Å². The van der Waals surface area contributed by atoms with Crippen LogP contribution in [0, 0.1) is 5.92 Å². The van der Waals surface area contributed by atoms with Crippen LogP contribution in [0.1, 0.15) is 65.3 Å². The summed E-state index contributed by atoms with van der Waals surface area (Å²) in [5.74, 6) is 1.29. The molecule has 33 heavy (non-hydrogen) atoms. The van der Waals surface area contributed by atoms with E-state index in [9.17, 15) is 9.59 Å². The maximum atomic E-state index is 13.3. The molecule has 4 aliphatic heterocycles. The monoisotopic (exact) mass is 447 g/mol. The highest BCUT2D eigenvalue weighted by atomic mass is 16.7. The van der Waals surface area contributed by atoms with Gasteiger partial charge in [0.2, 0.25) is 12.7 Å². The number of carbonyl (C=O) groups is 2. The normalized spacial score (nSPS) is 26.2. The summed E-state index contributed by atoms with van der Waals surface area (Å²) in [5, 5.41) is 6.67. The summed E-state index contributed by atoms with van der Waals surface area (Å²) in [6.07, 6.45) is 3.60. The van der Waals surface area contributed by atoms with E-state index in [-0.39, 0.29) is 42.7 Å². The van der Waals surface area contributed by atoms with Crippen molar-refractivity contribution in [3.63, 3.8) is 0 Å². The van der Waals surface area contributed by atoms with Gasteiger partial charge in [0, 0.05) is 18.2 Å². The van der Waals surface area contributed by atoms with Crippen molar-refractivity contribution in [2.75, 3.05) is 19.9 Å². The van der Waals surface area contributed by atoms with Crippen LogP contribution in [0.3, 0.4) is 0 Å². The maximum absolute atomic E-state index is 13.3. The van der Waals surface area contributed by atoms with Gasteiger partial charge in [-0.2, -0.15) is 0 Å². The van der Waals surface area contributed by atoms with Gasteiger partial charge < -0.3 is 25.0 Å². The molecule has 0 bridgehead atoms. The molecule has 7 nitrogen and oxygen atoms in total. The zero-order valence-electron chi connectivity index (χ0n) is 18.8. The molecule has 0 aliphatic carbocycles. The lowest BCUT2D eigenvalue weighted by Crippen LogP contribution is -2.57. The van der Waals surface area contributed by atoms with Crippen LogP contribution in [0.5, 0.6) is 11.5 Å². The third-order valence-electron chi connectivity index (χ3n) is 7.65. The largest absolute Gasteiger partial charge is 0.453 e. The fourth-order valence-corrected chi connectivity index (χ4v) is 5.99. The van der Waals surface area contributed by atoms with Crippen molar-refractivity contribution in [3.8, 4) is 11.5 Å². The number of carbonyl (C=O) groups excluding carboxylic acids is 2. The molecule has 0 aromatic heterocycles. The first-order valence-corrected chi connectivity index (χ1v) is 12.0. The van der Waals surface area contributed by atoms with E-state index in [2.05, 4.69) is 10.6 Å². The number of ether oxygens (including phenoxy) is 2. The number of rotatable bonds is 3. The van der Waals surface area contributed by atoms with E-state index in [0.29, 0.717) is 30.0 Å². The number of fused-ring (bicyclic) bond motifs is 6. The van der Waals surface area contributed by atoms with Gasteiger partial charge in [0.25, 0.3) is 5.91 Å². The Morgan fingerprint density at radius 3 is 2.88 bits per heavy atom. The fourth-order valence-electron chi connectivity index (χ4n) is 5.99. The molecule has 0 radical (unpaired) electrons. The second-order valence-electron chi connectivity index (χ2n) is 9.51. The molecule has 0 unspecified atom stereocenters. The molecule has 6 rings (SSSR count). The minimum Gasteiger partial charge on any atom is -0.453 e. The van der Waals surface area contributed by atoms with Crippen LogP contribution in [0.25, 0.3) is 0 Å². The minimum absolute atomic E-state index is 0.0381. The summed E-state index contributed by atoms with van der Waals surface area (Å²) in [5.41, 5.74) is 3.66. The molecule has 4 atom stereocenters. The number of amides is 2. The minimum atomic E-state index is -0.174. The zero-order chi connectivity index (χ0) is 22.5. The molecule has 2 aromatic carbocycles. The SMILES string of the molecule is C[C@@H](NC(=O)c1cc2c(c3c1OCO3)[C@@H]1C[C@H]3NCCC[C@H]3C(=O)N1CC2)c1ccccc1. The zero-order valence-corrected chi connectivity index (χ0v) is 18.8. The molecule has 2 aromatic rings. The topological polar surface area (TPSA) is 79.9 Å². The summed E-state index contributed by atoms with van der Waals surface area (Å²) in [6, 6.07) is 11.9. The summed E-state index contributed by atoms with van der Waals surface area (Å²) >= 11 is 0. The van der Waals surface area contributed by atoms with Crippen molar-refractivity contribution in [3.05, 3.63) is 58.7 Å². The van der Waals surface area contributed by atoms with Crippen molar-refractivity contribution >= 4 is 11.8 Å². The van der Waals surface area contributed by atoms with Crippen molar-refractivity contribution in [1.29, 1.82) is 0 Å². The molecule has 7 heteroatoms. The fraction of sp³-hybridized carbons (Fsp3) is 0.462. The van der Waals surface area contributed by atoms with Crippen LogP contribution in [0.4, 0.5) is 0 Å². The van der Waals surface area contributed by atoms with Crippen LogP contribution >= 0.6 is 0 Å². The third kappa shape index (κ3) is 3.37. The average molecular weight is 448 g/mol. The standard InChI is InChI=1S/C26H29N3O4/c1-15(16-6-3-2-4-7-16)28-25(30)19-12-17-9-11-29-21(22(17)24-23(19)32-14-33-24)13-20-18(26(29)31)8-5-10-27-20/h2-4,6-7,12,15,18,20-21,27H,5,8-11,13-14H2,1H3,(H,28,30)/t15-,18-,20-,21+/m1/s1. The summed E-state index contributed by atoms with van der Waals surface area (Å²) in [7, 11) is 0. The van der Waals surface area contributed by atoms with Crippen molar-refractivity contribution < 1.29 is 19.1 Å². The van der Waals surface area contributed by atoms with Crippen LogP contribution in [-0.2, 0) is 11.2 Å². The van der Waals surface area contributed by atoms with Gasteiger partial charge in [0.15, 0.2) is 11.5 Å². The smallest absolute Gasteiger partial charge is 0.255 e. The van der Waals surface area contributed by atoms with E-state index in [1.54, 1.807) is 0 Å². The quantitative estimate of drug-likeness (QED) is 0.756. The molecule has 4 aliphatic rings. The molecule has 2 amide bonds. The van der Waals surface area contributed by atoms with Crippen LogP contribution < -0.4 is 20.1 Å². The highest BCUT2D eigenvalue weighted by molar-refractivity contribution is 5.99. The van der Waals surface area contributed by atoms with Gasteiger partial charge in [0.05, 0.1) is 23.6 Å². The van der Waals surface area contributed by atoms with Crippen molar-refractivity contribution in [2.45, 2.75) is 50.7 Å². The first-order chi connectivity index (χ1) is 16.1. The van der Waals surface area contributed by atoms with Gasteiger partial charge in [-0.15, -0.1) is 0 Å². The van der Waals surface area contributed by atoms with Gasteiger partial charge in [-0.25, -0.2) is 0 Å². The number of benzene rings is 2. The van der Waals surface area contributed by atoms with Crippen LogP contribution in [0.2, 0.25) is 0 Å². The molecular formula is C26H29N3O4. The second kappa shape index (κ2) is 8.06. The van der Waals surface area contributed by atoms with Crippen LogP contribution in [-0.4, -0.2) is 42.6 Å². The Labute approximate surface area is 193 Å². The molecule has 0 spiro atoms. The molecule has 172 valence electrons. The van der Waals surface area contributed by atoms with Gasteiger partial charge >= 0.3 is 0 Å². The predicted octanol–water partition coefficient (Wildman–Crippen LogP) is 3.10. The molecule has 2 fully saturated rings. The molecule has 0 saturated carbocycles. The lowest BCUT2D eigenvalue weighted by molar-refractivity contribution is -0.145. The number of nitrogens with zero attached hydrogens (tertiary/aromatic N) is 1. The van der Waals surface area contributed by atoms with Crippen LogP contribution in [0.15, 0.2) is 36.4 Å². The Hall–Kier alpha value is -3.06. The Morgan fingerprint density at radius 1 is 1.21 bits per heavy atom. The van der Waals surface area contributed by atoms with E-state index < -0.39 is 0 Å². The van der Waals surface area contributed by atoms with Crippen molar-refractivity contribution in [1.82, 2.24) is 15.5 Å². The number of nitrogens with one attached hydrogen (secondary N) is 2. The van der Waals surface area contributed by atoms with E-state index in [0.717, 1.165) is 42.5 Å². The Balaban J connectivity index is 1.34. The first kappa shape index (κ1) is 20.5. The van der Waals surface area contributed by atoms with Gasteiger partial charge in [-0.05, 0) is 56.3 Å². The van der Waals surface area contributed by atoms with E-state index >= 15 is 0 Å². The lowest BCUT2D eigenvalue weighted by atomic mass is 9.76. The maximum Gasteiger partial charge on any atom is 0.255 e. The summed E-state index contributed by atoms with van der Waals surface area (Å²) in [6.45, 7) is 3.71. The lowest BCUT2D eigenvalue weighted by Gasteiger charge is -2.48. The first-order valence-electron chi connectivity index (χ1n) is 12.0. The molecule has 2 N–H and O–H groups in total. The highest BCUT2D eigenvalue weighted by Crippen LogP contribution is 2.50. The highest BCUT2D eigenvalue weighted by Gasteiger charge is 2.47. The summed E-state index contributed by atoms with van der Waals surface area (Å²) in [4.78, 5) is 28.6. The van der Waals surface area contributed by atoms with Gasteiger partial charge in [-0.1, -0.05) is 30.3 Å².